The van der Waals surface area contributed by atoms with Gasteiger partial charge in [-0.1, -0.05) is 34.6 Å². The van der Waals surface area contributed by atoms with Crippen molar-refractivity contribution in [1.82, 2.24) is 19.5 Å². The second-order valence-electron chi connectivity index (χ2n) is 8.89. The summed E-state index contributed by atoms with van der Waals surface area (Å²) >= 11 is 0. The number of amides is 1. The zero-order valence-electron chi connectivity index (χ0n) is 17.0. The summed E-state index contributed by atoms with van der Waals surface area (Å²) in [6.45, 7) is 10.4. The highest BCUT2D eigenvalue weighted by molar-refractivity contribution is 5.78. The number of rotatable bonds is 2. The summed E-state index contributed by atoms with van der Waals surface area (Å²) in [5, 5.41) is 4.17. The molecule has 28 heavy (non-hydrogen) atoms. The quantitative estimate of drug-likeness (QED) is 0.756. The van der Waals surface area contributed by atoms with Crippen molar-refractivity contribution in [2.75, 3.05) is 13.1 Å². The van der Waals surface area contributed by atoms with Crippen LogP contribution in [0.25, 0.3) is 5.65 Å². The van der Waals surface area contributed by atoms with E-state index in [0.29, 0.717) is 30.9 Å². The standard InChI is InChI=1S/C20H27F3N4O/c1-12(2)18(28)26-8-6-7-13(11-26)14-9-16(20(21,22)23)27-17(24-14)10-15(25-27)19(3,4)5/h9-10,12-13H,6-8,11H2,1-5H3. The van der Waals surface area contributed by atoms with Crippen molar-refractivity contribution >= 4 is 11.6 Å². The van der Waals surface area contributed by atoms with Gasteiger partial charge in [-0.05, 0) is 18.9 Å². The minimum atomic E-state index is -4.54. The molecule has 1 amide bonds. The van der Waals surface area contributed by atoms with Gasteiger partial charge in [-0.15, -0.1) is 0 Å². The minimum Gasteiger partial charge on any atom is -0.342 e. The molecule has 1 aliphatic rings. The zero-order valence-corrected chi connectivity index (χ0v) is 17.0. The highest BCUT2D eigenvalue weighted by atomic mass is 19.4. The van der Waals surface area contributed by atoms with Crippen molar-refractivity contribution in [3.8, 4) is 0 Å². The Morgan fingerprint density at radius 3 is 2.46 bits per heavy atom. The number of nitrogens with zero attached hydrogens (tertiary/aromatic N) is 4. The summed E-state index contributed by atoms with van der Waals surface area (Å²) in [6, 6.07) is 2.72. The van der Waals surface area contributed by atoms with E-state index in [2.05, 4.69) is 10.1 Å². The Morgan fingerprint density at radius 2 is 1.89 bits per heavy atom. The van der Waals surface area contributed by atoms with Crippen LogP contribution in [-0.4, -0.2) is 38.5 Å². The molecule has 154 valence electrons. The van der Waals surface area contributed by atoms with E-state index in [1.807, 2.05) is 34.6 Å². The van der Waals surface area contributed by atoms with Crippen LogP contribution in [0.2, 0.25) is 0 Å². The van der Waals surface area contributed by atoms with Crippen LogP contribution in [0.15, 0.2) is 12.1 Å². The summed E-state index contributed by atoms with van der Waals surface area (Å²) in [4.78, 5) is 18.6. The molecule has 1 fully saturated rings. The average Bonchev–Trinajstić information content (AvgIpc) is 3.03. The van der Waals surface area contributed by atoms with Gasteiger partial charge < -0.3 is 4.90 Å². The Labute approximate surface area is 162 Å². The summed E-state index contributed by atoms with van der Waals surface area (Å²) in [5.41, 5.74) is -0.0797. The van der Waals surface area contributed by atoms with Gasteiger partial charge in [-0.2, -0.15) is 18.3 Å². The molecule has 0 saturated carbocycles. The van der Waals surface area contributed by atoms with Crippen molar-refractivity contribution < 1.29 is 18.0 Å². The second-order valence-corrected chi connectivity index (χ2v) is 8.89. The van der Waals surface area contributed by atoms with E-state index in [0.717, 1.165) is 17.0 Å². The van der Waals surface area contributed by atoms with E-state index in [1.165, 1.54) is 0 Å². The van der Waals surface area contributed by atoms with Crippen molar-refractivity contribution in [2.45, 2.75) is 65.0 Å². The van der Waals surface area contributed by atoms with Crippen LogP contribution >= 0.6 is 0 Å². The number of hydrogen-bond donors (Lipinski definition) is 0. The molecule has 1 atom stereocenters. The fourth-order valence-electron chi connectivity index (χ4n) is 3.56. The van der Waals surface area contributed by atoms with Gasteiger partial charge in [0, 0.05) is 42.1 Å². The number of fused-ring (bicyclic) bond motifs is 1. The van der Waals surface area contributed by atoms with Crippen LogP contribution in [0, 0.1) is 5.92 Å². The maximum Gasteiger partial charge on any atom is 0.433 e. The number of carbonyl (C=O) groups is 1. The smallest absolute Gasteiger partial charge is 0.342 e. The zero-order chi connectivity index (χ0) is 20.9. The minimum absolute atomic E-state index is 0.0289. The van der Waals surface area contributed by atoms with Gasteiger partial charge in [0.1, 0.15) is 5.69 Å². The van der Waals surface area contributed by atoms with Gasteiger partial charge in [0.25, 0.3) is 0 Å². The number of aromatic nitrogens is 3. The molecular formula is C20H27F3N4O. The van der Waals surface area contributed by atoms with Crippen LogP contribution in [0.1, 0.15) is 70.5 Å². The largest absolute Gasteiger partial charge is 0.433 e. The van der Waals surface area contributed by atoms with Gasteiger partial charge in [0.2, 0.25) is 5.91 Å². The summed E-state index contributed by atoms with van der Waals surface area (Å²) < 4.78 is 42.1. The first-order valence-corrected chi connectivity index (χ1v) is 9.65. The van der Waals surface area contributed by atoms with Crippen LogP contribution in [0.3, 0.4) is 0 Å². The van der Waals surface area contributed by atoms with Gasteiger partial charge in [0.15, 0.2) is 5.65 Å². The van der Waals surface area contributed by atoms with Gasteiger partial charge in [0.05, 0.1) is 5.69 Å². The molecule has 0 bridgehead atoms. The third-order valence-corrected chi connectivity index (χ3v) is 5.15. The molecule has 0 spiro atoms. The fourth-order valence-corrected chi connectivity index (χ4v) is 3.56. The molecule has 5 nitrogen and oxygen atoms in total. The first-order valence-electron chi connectivity index (χ1n) is 9.65. The van der Waals surface area contributed by atoms with Crippen LogP contribution < -0.4 is 0 Å². The van der Waals surface area contributed by atoms with Gasteiger partial charge >= 0.3 is 6.18 Å². The molecule has 8 heteroatoms. The van der Waals surface area contributed by atoms with Crippen molar-refractivity contribution in [3.63, 3.8) is 0 Å². The van der Waals surface area contributed by atoms with Gasteiger partial charge in [-0.25, -0.2) is 9.50 Å². The normalized spacial score (nSPS) is 18.9. The highest BCUT2D eigenvalue weighted by Gasteiger charge is 2.37. The van der Waals surface area contributed by atoms with E-state index < -0.39 is 11.9 Å². The summed E-state index contributed by atoms with van der Waals surface area (Å²) in [7, 11) is 0. The third-order valence-electron chi connectivity index (χ3n) is 5.15. The number of piperidine rings is 1. The molecule has 2 aromatic heterocycles. The maximum atomic E-state index is 13.7. The first-order chi connectivity index (χ1) is 12.9. The Balaban J connectivity index is 2.05. The average molecular weight is 396 g/mol. The Morgan fingerprint density at radius 1 is 1.21 bits per heavy atom. The van der Waals surface area contributed by atoms with E-state index in [1.54, 1.807) is 11.0 Å². The highest BCUT2D eigenvalue weighted by Crippen LogP contribution is 2.34. The van der Waals surface area contributed by atoms with Crippen molar-refractivity contribution in [3.05, 3.63) is 29.2 Å². The predicted octanol–water partition coefficient (Wildman–Crippen LogP) is 4.41. The predicted molar refractivity (Wildman–Crippen MR) is 100 cm³/mol. The monoisotopic (exact) mass is 396 g/mol. The molecule has 0 aromatic carbocycles. The lowest BCUT2D eigenvalue weighted by Crippen LogP contribution is -2.41. The van der Waals surface area contributed by atoms with Crippen LogP contribution in [-0.2, 0) is 16.4 Å². The number of likely N-dealkylation sites (tertiary alicyclic amines) is 1. The number of carbonyl (C=O) groups excluding carboxylic acids is 1. The maximum absolute atomic E-state index is 13.7. The number of alkyl halides is 3. The van der Waals surface area contributed by atoms with E-state index in [9.17, 15) is 18.0 Å². The molecule has 0 radical (unpaired) electrons. The number of hydrogen-bond acceptors (Lipinski definition) is 3. The molecule has 0 N–H and O–H groups in total. The van der Waals surface area contributed by atoms with Crippen molar-refractivity contribution in [2.24, 2.45) is 5.92 Å². The molecule has 1 unspecified atom stereocenters. The topological polar surface area (TPSA) is 50.5 Å². The molecule has 0 aliphatic carbocycles. The summed E-state index contributed by atoms with van der Waals surface area (Å²) in [6.07, 6.45) is -3.08. The lowest BCUT2D eigenvalue weighted by Gasteiger charge is -2.33. The molecular weight excluding hydrogens is 369 g/mol. The number of halogens is 3. The Bertz CT molecular complexity index is 880. The first kappa shape index (κ1) is 20.6. The molecule has 1 aliphatic heterocycles. The SMILES string of the molecule is CC(C)C(=O)N1CCCC(c2cc(C(F)(F)F)n3nc(C(C)(C)C)cc3n2)C1. The van der Waals surface area contributed by atoms with Crippen LogP contribution in [0.5, 0.6) is 0 Å². The Kier molecular flexibility index (Phi) is 5.18. The Hall–Kier alpha value is -2.12. The molecule has 3 heterocycles. The lowest BCUT2D eigenvalue weighted by atomic mass is 9.92. The van der Waals surface area contributed by atoms with E-state index in [4.69, 9.17) is 0 Å². The van der Waals surface area contributed by atoms with E-state index in [-0.39, 0.29) is 28.8 Å². The van der Waals surface area contributed by atoms with E-state index >= 15 is 0 Å². The third kappa shape index (κ3) is 4.00. The molecule has 1 saturated heterocycles. The molecule has 3 rings (SSSR count). The van der Waals surface area contributed by atoms with Crippen molar-refractivity contribution in [1.29, 1.82) is 0 Å². The lowest BCUT2D eigenvalue weighted by molar-refractivity contribution is -0.143. The summed E-state index contributed by atoms with van der Waals surface area (Å²) in [5.74, 6) is -0.319. The molecule has 2 aromatic rings. The second kappa shape index (κ2) is 7.04. The van der Waals surface area contributed by atoms with Crippen LogP contribution in [0.4, 0.5) is 13.2 Å². The van der Waals surface area contributed by atoms with Gasteiger partial charge in [-0.3, -0.25) is 4.79 Å². The fraction of sp³-hybridized carbons (Fsp3) is 0.650.